The quantitative estimate of drug-likeness (QED) is 0.774. The Morgan fingerprint density at radius 3 is 2.68 bits per heavy atom. The van der Waals surface area contributed by atoms with Gasteiger partial charge in [0.15, 0.2) is 0 Å². The molecule has 104 valence electrons. The van der Waals surface area contributed by atoms with E-state index in [0.717, 1.165) is 16.6 Å². The number of nitrogens with one attached hydrogen (secondary N) is 1. The maximum Gasteiger partial charge on any atom is 0.224 e. The molecule has 0 radical (unpaired) electrons. The van der Waals surface area contributed by atoms with E-state index < -0.39 is 0 Å². The van der Waals surface area contributed by atoms with Crippen LogP contribution in [0.4, 0.5) is 0 Å². The Labute approximate surface area is 131 Å². The highest BCUT2D eigenvalue weighted by molar-refractivity contribution is 9.10. The Morgan fingerprint density at radius 1 is 1.26 bits per heavy atom. The number of halogens is 2. The second-order valence-corrected chi connectivity index (χ2v) is 7.44. The van der Waals surface area contributed by atoms with Gasteiger partial charge in [0, 0.05) is 15.8 Å². The molecule has 0 saturated heterocycles. The summed E-state index contributed by atoms with van der Waals surface area (Å²) in [6.07, 6.45) is 5.35. The normalized spacial score (nSPS) is 23.1. The molecule has 1 aliphatic carbocycles. The highest BCUT2D eigenvalue weighted by Crippen LogP contribution is 2.28. The van der Waals surface area contributed by atoms with Gasteiger partial charge in [-0.1, -0.05) is 44.0 Å². The van der Waals surface area contributed by atoms with Crippen molar-refractivity contribution >= 4 is 37.8 Å². The number of hydrogen-bond acceptors (Lipinski definition) is 1. The zero-order chi connectivity index (χ0) is 13.7. The van der Waals surface area contributed by atoms with Gasteiger partial charge in [-0.05, 0) is 49.3 Å². The first-order valence-corrected chi connectivity index (χ1v) is 8.49. The second kappa shape index (κ2) is 7.44. The summed E-state index contributed by atoms with van der Waals surface area (Å²) < 4.78 is 1.02. The summed E-state index contributed by atoms with van der Waals surface area (Å²) >= 11 is 7.08. The summed E-state index contributed by atoms with van der Waals surface area (Å²) in [6.45, 7) is 0.826. The molecule has 1 amide bonds. The molecule has 1 saturated carbocycles. The molecular formula is C15H19Br2NO. The lowest BCUT2D eigenvalue weighted by molar-refractivity contribution is -0.120. The van der Waals surface area contributed by atoms with E-state index in [4.69, 9.17) is 0 Å². The van der Waals surface area contributed by atoms with Crippen molar-refractivity contribution in [3.05, 3.63) is 34.3 Å². The predicted molar refractivity (Wildman–Crippen MR) is 85.5 cm³/mol. The van der Waals surface area contributed by atoms with Crippen LogP contribution in [0.5, 0.6) is 0 Å². The van der Waals surface area contributed by atoms with Gasteiger partial charge in [0.2, 0.25) is 5.91 Å². The first kappa shape index (κ1) is 15.0. The summed E-state index contributed by atoms with van der Waals surface area (Å²) in [5.41, 5.74) is 1.05. The second-order valence-electron chi connectivity index (χ2n) is 5.23. The van der Waals surface area contributed by atoms with Gasteiger partial charge in [0.05, 0.1) is 6.42 Å². The van der Waals surface area contributed by atoms with Crippen LogP contribution >= 0.6 is 31.9 Å². The van der Waals surface area contributed by atoms with Crippen LogP contribution in [-0.2, 0) is 11.2 Å². The van der Waals surface area contributed by atoms with E-state index in [0.29, 0.717) is 17.2 Å². The van der Waals surface area contributed by atoms with Gasteiger partial charge < -0.3 is 5.32 Å². The molecule has 0 unspecified atom stereocenters. The summed E-state index contributed by atoms with van der Waals surface area (Å²) in [4.78, 5) is 12.6. The van der Waals surface area contributed by atoms with Gasteiger partial charge in [0.1, 0.15) is 0 Å². The number of rotatable bonds is 4. The summed E-state index contributed by atoms with van der Waals surface area (Å²) in [6, 6.07) is 7.92. The van der Waals surface area contributed by atoms with Gasteiger partial charge in [-0.2, -0.15) is 0 Å². The van der Waals surface area contributed by atoms with Gasteiger partial charge in [0.25, 0.3) is 0 Å². The van der Waals surface area contributed by atoms with Crippen LogP contribution in [0.15, 0.2) is 28.7 Å². The first-order valence-electron chi connectivity index (χ1n) is 6.78. The number of carbonyl (C=O) groups is 1. The highest BCUT2D eigenvalue weighted by atomic mass is 79.9. The van der Waals surface area contributed by atoms with Crippen LogP contribution in [0.2, 0.25) is 0 Å². The Balaban J connectivity index is 1.73. The third-order valence-electron chi connectivity index (χ3n) is 3.62. The van der Waals surface area contributed by atoms with E-state index in [9.17, 15) is 4.79 Å². The highest BCUT2D eigenvalue weighted by Gasteiger charge is 2.19. The van der Waals surface area contributed by atoms with Crippen LogP contribution in [0.3, 0.4) is 0 Å². The van der Waals surface area contributed by atoms with Crippen molar-refractivity contribution < 1.29 is 4.79 Å². The lowest BCUT2D eigenvalue weighted by Gasteiger charge is -2.25. The molecule has 0 atom stereocenters. The molecule has 2 rings (SSSR count). The number of amides is 1. The molecular weight excluding hydrogens is 370 g/mol. The standard InChI is InChI=1S/C15H19Br2NO/c16-13-6-4-11(5-7-13)10-18-15(19)9-12-2-1-3-14(17)8-12/h1-3,8,11,13H,4-7,9-10H2,(H,18,19). The van der Waals surface area contributed by atoms with Crippen LogP contribution in [0, 0.1) is 5.92 Å². The van der Waals surface area contributed by atoms with Crippen molar-refractivity contribution in [2.75, 3.05) is 6.54 Å². The third kappa shape index (κ3) is 5.27. The van der Waals surface area contributed by atoms with Gasteiger partial charge in [-0.25, -0.2) is 0 Å². The maximum absolute atomic E-state index is 11.9. The van der Waals surface area contributed by atoms with Crippen molar-refractivity contribution in [3.8, 4) is 0 Å². The molecule has 1 aromatic rings. The van der Waals surface area contributed by atoms with Gasteiger partial charge in [-0.3, -0.25) is 4.79 Å². The molecule has 2 nitrogen and oxygen atoms in total. The summed E-state index contributed by atoms with van der Waals surface area (Å²) in [5.74, 6) is 0.777. The maximum atomic E-state index is 11.9. The topological polar surface area (TPSA) is 29.1 Å². The minimum atomic E-state index is 0.124. The molecule has 0 aliphatic heterocycles. The average molecular weight is 389 g/mol. The predicted octanol–water partition coefficient (Wildman–Crippen LogP) is 4.06. The Kier molecular flexibility index (Phi) is 5.89. The first-order chi connectivity index (χ1) is 9.13. The lowest BCUT2D eigenvalue weighted by atomic mass is 9.89. The number of alkyl halides is 1. The van der Waals surface area contributed by atoms with E-state index in [-0.39, 0.29) is 5.91 Å². The summed E-state index contributed by atoms with van der Waals surface area (Å²) in [7, 11) is 0. The fourth-order valence-corrected chi connectivity index (χ4v) is 3.45. The van der Waals surface area contributed by atoms with Crippen LogP contribution < -0.4 is 5.32 Å². The van der Waals surface area contributed by atoms with E-state index in [2.05, 4.69) is 37.2 Å². The van der Waals surface area contributed by atoms with Crippen molar-refractivity contribution in [2.24, 2.45) is 5.92 Å². The Bertz CT molecular complexity index is 428. The van der Waals surface area contributed by atoms with E-state index in [1.54, 1.807) is 0 Å². The molecule has 0 heterocycles. The fourth-order valence-electron chi connectivity index (χ4n) is 2.48. The molecule has 19 heavy (non-hydrogen) atoms. The molecule has 4 heteroatoms. The van der Waals surface area contributed by atoms with Gasteiger partial charge in [-0.15, -0.1) is 0 Å². The van der Waals surface area contributed by atoms with Crippen LogP contribution in [-0.4, -0.2) is 17.3 Å². The Hall–Kier alpha value is -0.350. The third-order valence-corrected chi connectivity index (χ3v) is 5.03. The SMILES string of the molecule is O=C(Cc1cccc(Br)c1)NCC1CCC(Br)CC1. The molecule has 1 aliphatic rings. The molecule has 0 spiro atoms. The van der Waals surface area contributed by atoms with Crippen molar-refractivity contribution in [1.82, 2.24) is 5.32 Å². The van der Waals surface area contributed by atoms with E-state index in [1.165, 1.54) is 25.7 Å². The van der Waals surface area contributed by atoms with E-state index >= 15 is 0 Å². The minimum Gasteiger partial charge on any atom is -0.356 e. The zero-order valence-electron chi connectivity index (χ0n) is 10.9. The van der Waals surface area contributed by atoms with Crippen molar-refractivity contribution in [3.63, 3.8) is 0 Å². The zero-order valence-corrected chi connectivity index (χ0v) is 14.0. The van der Waals surface area contributed by atoms with Crippen molar-refractivity contribution in [1.29, 1.82) is 0 Å². The van der Waals surface area contributed by atoms with E-state index in [1.807, 2.05) is 24.3 Å². The Morgan fingerprint density at radius 2 is 2.00 bits per heavy atom. The van der Waals surface area contributed by atoms with Crippen LogP contribution in [0.25, 0.3) is 0 Å². The van der Waals surface area contributed by atoms with Crippen LogP contribution in [0.1, 0.15) is 31.2 Å². The monoisotopic (exact) mass is 387 g/mol. The number of carbonyl (C=O) groups excluding carboxylic acids is 1. The molecule has 1 fully saturated rings. The number of hydrogen-bond donors (Lipinski definition) is 1. The molecule has 1 N–H and O–H groups in total. The average Bonchev–Trinajstić information content (AvgIpc) is 2.38. The lowest BCUT2D eigenvalue weighted by Crippen LogP contribution is -2.32. The smallest absolute Gasteiger partial charge is 0.224 e. The van der Waals surface area contributed by atoms with Crippen molar-refractivity contribution in [2.45, 2.75) is 36.9 Å². The van der Waals surface area contributed by atoms with Gasteiger partial charge >= 0.3 is 0 Å². The number of benzene rings is 1. The molecule has 0 bridgehead atoms. The molecule has 0 aromatic heterocycles. The molecule has 1 aromatic carbocycles. The fraction of sp³-hybridized carbons (Fsp3) is 0.533. The largest absolute Gasteiger partial charge is 0.356 e. The summed E-state index contributed by atoms with van der Waals surface area (Å²) in [5, 5.41) is 3.07. The minimum absolute atomic E-state index is 0.124.